The van der Waals surface area contributed by atoms with Crippen LogP contribution < -0.4 is 4.74 Å². The van der Waals surface area contributed by atoms with E-state index in [-0.39, 0.29) is 0 Å². The fourth-order valence-corrected chi connectivity index (χ4v) is 1.56. The Morgan fingerprint density at radius 2 is 2.07 bits per heavy atom. The van der Waals surface area contributed by atoms with E-state index >= 15 is 0 Å². The highest BCUT2D eigenvalue weighted by atomic mass is 32.1. The van der Waals surface area contributed by atoms with Gasteiger partial charge in [0.2, 0.25) is 0 Å². The van der Waals surface area contributed by atoms with Gasteiger partial charge in [0.15, 0.2) is 4.77 Å². The first-order valence-electron chi connectivity index (χ1n) is 4.50. The first kappa shape index (κ1) is 9.86. The zero-order valence-corrected chi connectivity index (χ0v) is 9.04. The molecule has 2 rings (SSSR count). The van der Waals surface area contributed by atoms with E-state index in [4.69, 9.17) is 17.0 Å². The SMILES string of the molecule is COc1ccccc1-c1ccnc(=S)[nH]1. The monoisotopic (exact) mass is 218 g/mol. The summed E-state index contributed by atoms with van der Waals surface area (Å²) in [5.41, 5.74) is 1.89. The molecule has 0 radical (unpaired) electrons. The number of rotatable bonds is 2. The van der Waals surface area contributed by atoms with Gasteiger partial charge in [-0.3, -0.25) is 0 Å². The molecule has 0 aliphatic carbocycles. The first-order chi connectivity index (χ1) is 7.31. The van der Waals surface area contributed by atoms with Crippen LogP contribution in [0.15, 0.2) is 36.5 Å². The molecule has 0 aliphatic heterocycles. The molecule has 3 nitrogen and oxygen atoms in total. The number of H-pyrrole nitrogens is 1. The lowest BCUT2D eigenvalue weighted by atomic mass is 10.1. The molecule has 1 heterocycles. The maximum Gasteiger partial charge on any atom is 0.197 e. The van der Waals surface area contributed by atoms with Crippen LogP contribution in [0.2, 0.25) is 0 Å². The topological polar surface area (TPSA) is 37.9 Å². The average molecular weight is 218 g/mol. The minimum Gasteiger partial charge on any atom is -0.496 e. The molecule has 2 aromatic rings. The second kappa shape index (κ2) is 4.23. The third-order valence-electron chi connectivity index (χ3n) is 2.07. The van der Waals surface area contributed by atoms with Gasteiger partial charge in [-0.05, 0) is 30.4 Å². The van der Waals surface area contributed by atoms with Gasteiger partial charge in [0.05, 0.1) is 12.8 Å². The van der Waals surface area contributed by atoms with Crippen LogP contribution in [0.5, 0.6) is 5.75 Å². The Bertz CT molecular complexity index is 522. The van der Waals surface area contributed by atoms with Crippen LogP contribution in [0.3, 0.4) is 0 Å². The largest absolute Gasteiger partial charge is 0.496 e. The highest BCUT2D eigenvalue weighted by Gasteiger charge is 2.03. The molecule has 0 unspecified atom stereocenters. The Morgan fingerprint density at radius 3 is 2.80 bits per heavy atom. The van der Waals surface area contributed by atoms with Gasteiger partial charge in [-0.1, -0.05) is 12.1 Å². The number of aromatic nitrogens is 2. The van der Waals surface area contributed by atoms with Crippen LogP contribution in [-0.4, -0.2) is 17.1 Å². The van der Waals surface area contributed by atoms with Crippen molar-refractivity contribution in [1.29, 1.82) is 0 Å². The maximum absolute atomic E-state index is 5.27. The summed E-state index contributed by atoms with van der Waals surface area (Å²) in [4.78, 5) is 6.96. The highest BCUT2D eigenvalue weighted by Crippen LogP contribution is 2.27. The highest BCUT2D eigenvalue weighted by molar-refractivity contribution is 7.71. The van der Waals surface area contributed by atoms with Crippen molar-refractivity contribution in [1.82, 2.24) is 9.97 Å². The number of aromatic amines is 1. The standard InChI is InChI=1S/C11H10N2OS/c1-14-10-5-3-2-4-8(10)9-6-7-12-11(15)13-9/h2-7H,1H3,(H,12,13,15). The number of ether oxygens (including phenoxy) is 1. The number of nitrogens with one attached hydrogen (secondary N) is 1. The second-order valence-corrected chi connectivity index (χ2v) is 3.38. The van der Waals surface area contributed by atoms with Crippen LogP contribution in [0, 0.1) is 4.77 Å². The third kappa shape index (κ3) is 2.05. The van der Waals surface area contributed by atoms with Crippen molar-refractivity contribution in [2.24, 2.45) is 0 Å². The minimum atomic E-state index is 0.471. The molecule has 0 saturated carbocycles. The molecule has 1 aromatic heterocycles. The Balaban J connectivity index is 2.58. The molecule has 0 saturated heterocycles. The molecule has 15 heavy (non-hydrogen) atoms. The molecular weight excluding hydrogens is 208 g/mol. The average Bonchev–Trinajstić information content (AvgIpc) is 2.29. The zero-order valence-electron chi connectivity index (χ0n) is 8.23. The van der Waals surface area contributed by atoms with Crippen molar-refractivity contribution in [2.45, 2.75) is 0 Å². The van der Waals surface area contributed by atoms with Gasteiger partial charge in [0.25, 0.3) is 0 Å². The fourth-order valence-electron chi connectivity index (χ4n) is 1.39. The van der Waals surface area contributed by atoms with E-state index in [1.165, 1.54) is 0 Å². The van der Waals surface area contributed by atoms with Crippen LogP contribution in [0.25, 0.3) is 11.3 Å². The Hall–Kier alpha value is -1.68. The summed E-state index contributed by atoms with van der Waals surface area (Å²) < 4.78 is 5.74. The Morgan fingerprint density at radius 1 is 1.27 bits per heavy atom. The lowest BCUT2D eigenvalue weighted by Gasteiger charge is -2.07. The molecule has 0 spiro atoms. The van der Waals surface area contributed by atoms with E-state index in [9.17, 15) is 0 Å². The number of methoxy groups -OCH3 is 1. The molecule has 76 valence electrons. The van der Waals surface area contributed by atoms with Crippen molar-refractivity contribution in [3.05, 3.63) is 41.3 Å². The van der Waals surface area contributed by atoms with Crippen LogP contribution in [-0.2, 0) is 0 Å². The molecule has 1 N–H and O–H groups in total. The summed E-state index contributed by atoms with van der Waals surface area (Å²) in [6.45, 7) is 0. The van der Waals surface area contributed by atoms with Gasteiger partial charge < -0.3 is 9.72 Å². The van der Waals surface area contributed by atoms with Gasteiger partial charge in [0.1, 0.15) is 5.75 Å². The molecule has 1 aromatic carbocycles. The van der Waals surface area contributed by atoms with Crippen molar-refractivity contribution < 1.29 is 4.74 Å². The van der Waals surface area contributed by atoms with E-state index in [0.29, 0.717) is 4.77 Å². The molecule has 0 atom stereocenters. The minimum absolute atomic E-state index is 0.471. The van der Waals surface area contributed by atoms with Crippen molar-refractivity contribution in [2.75, 3.05) is 7.11 Å². The predicted octanol–water partition coefficient (Wildman–Crippen LogP) is 2.81. The molecule has 4 heteroatoms. The summed E-state index contributed by atoms with van der Waals surface area (Å²) in [5, 5.41) is 0. The number of benzene rings is 1. The van der Waals surface area contributed by atoms with Crippen LogP contribution in [0.1, 0.15) is 0 Å². The van der Waals surface area contributed by atoms with E-state index in [1.54, 1.807) is 13.3 Å². The Kier molecular flexibility index (Phi) is 2.78. The summed E-state index contributed by atoms with van der Waals surface area (Å²) in [7, 11) is 1.65. The van der Waals surface area contributed by atoms with Gasteiger partial charge in [-0.15, -0.1) is 0 Å². The van der Waals surface area contributed by atoms with Gasteiger partial charge in [-0.2, -0.15) is 0 Å². The first-order valence-corrected chi connectivity index (χ1v) is 4.91. The fraction of sp³-hybridized carbons (Fsp3) is 0.0909. The Labute approximate surface area is 92.8 Å². The van der Waals surface area contributed by atoms with Crippen molar-refractivity contribution in [3.8, 4) is 17.0 Å². The number of para-hydroxylation sites is 1. The van der Waals surface area contributed by atoms with Crippen LogP contribution in [0.4, 0.5) is 0 Å². The van der Waals surface area contributed by atoms with Gasteiger partial charge in [0, 0.05) is 11.8 Å². The third-order valence-corrected chi connectivity index (χ3v) is 2.28. The summed E-state index contributed by atoms with van der Waals surface area (Å²) >= 11 is 4.97. The van der Waals surface area contributed by atoms with Crippen molar-refractivity contribution in [3.63, 3.8) is 0 Å². The smallest absolute Gasteiger partial charge is 0.197 e. The molecule has 0 bridgehead atoms. The zero-order chi connectivity index (χ0) is 10.7. The lowest BCUT2D eigenvalue weighted by Crippen LogP contribution is -1.90. The van der Waals surface area contributed by atoms with Gasteiger partial charge >= 0.3 is 0 Å². The lowest BCUT2D eigenvalue weighted by molar-refractivity contribution is 0.416. The summed E-state index contributed by atoms with van der Waals surface area (Å²) in [5.74, 6) is 0.814. The van der Waals surface area contributed by atoms with E-state index in [2.05, 4.69) is 9.97 Å². The van der Waals surface area contributed by atoms with Gasteiger partial charge in [-0.25, -0.2) is 4.98 Å². The van der Waals surface area contributed by atoms with E-state index in [1.807, 2.05) is 30.3 Å². The normalized spacial score (nSPS) is 9.93. The number of hydrogen-bond acceptors (Lipinski definition) is 3. The summed E-state index contributed by atoms with van der Waals surface area (Å²) in [6.07, 6.45) is 1.68. The van der Waals surface area contributed by atoms with Crippen LogP contribution >= 0.6 is 12.2 Å². The quantitative estimate of drug-likeness (QED) is 0.788. The van der Waals surface area contributed by atoms with E-state index < -0.39 is 0 Å². The van der Waals surface area contributed by atoms with E-state index in [0.717, 1.165) is 17.0 Å². The maximum atomic E-state index is 5.27. The van der Waals surface area contributed by atoms with Crippen molar-refractivity contribution >= 4 is 12.2 Å². The summed E-state index contributed by atoms with van der Waals surface area (Å²) in [6, 6.07) is 9.63. The molecular formula is C11H10N2OS. The predicted molar refractivity (Wildman–Crippen MR) is 61.4 cm³/mol. The molecule has 0 aliphatic rings. The molecule has 0 amide bonds. The number of hydrogen-bond donors (Lipinski definition) is 1. The molecule has 0 fully saturated rings. The second-order valence-electron chi connectivity index (χ2n) is 2.99. The number of nitrogens with zero attached hydrogens (tertiary/aromatic N) is 1.